The summed E-state index contributed by atoms with van der Waals surface area (Å²) in [5.41, 5.74) is 12.4. The first-order valence-electron chi connectivity index (χ1n) is 3.94. The lowest BCUT2D eigenvalue weighted by Crippen LogP contribution is -2.19. The number of anilines is 1. The van der Waals surface area contributed by atoms with Gasteiger partial charge in [-0.15, -0.1) is 0 Å². The predicted molar refractivity (Wildman–Crippen MR) is 61.2 cm³/mol. The number of carbonyl (C=O) groups excluding carboxylic acids is 1. The van der Waals surface area contributed by atoms with Gasteiger partial charge in [0.05, 0.1) is 11.1 Å². The maximum Gasteiger partial charge on any atom is 0.151 e. The number of ketones is 1. The summed E-state index contributed by atoms with van der Waals surface area (Å²) in [4.78, 5) is 11.1. The first-order valence-corrected chi connectivity index (χ1v) is 5.11. The minimum Gasteiger partial charge on any atom is -0.398 e. The summed E-state index contributed by atoms with van der Waals surface area (Å²) in [7, 11) is 0. The van der Waals surface area contributed by atoms with Crippen LogP contribution >= 0.6 is 27.5 Å². The summed E-state index contributed by atoms with van der Waals surface area (Å²) < 4.78 is 0.681. The highest BCUT2D eigenvalue weighted by Gasteiger charge is 2.15. The molecule has 1 atom stereocenters. The summed E-state index contributed by atoms with van der Waals surface area (Å²) >= 11 is 9.06. The molecule has 1 rings (SSSR count). The Labute approximate surface area is 95.5 Å². The molecule has 4 N–H and O–H groups in total. The molecule has 0 radical (unpaired) electrons. The summed E-state index contributed by atoms with van der Waals surface area (Å²) in [6.07, 6.45) is 0. The van der Waals surface area contributed by atoms with Crippen molar-refractivity contribution in [3.05, 3.63) is 27.2 Å². The van der Waals surface area contributed by atoms with Crippen LogP contribution in [-0.2, 0) is 4.79 Å². The van der Waals surface area contributed by atoms with Crippen LogP contribution in [0.25, 0.3) is 0 Å². The van der Waals surface area contributed by atoms with Crippen molar-refractivity contribution in [3.63, 3.8) is 0 Å². The Hall–Kier alpha value is -0.580. The fourth-order valence-corrected chi connectivity index (χ4v) is 1.60. The number of halogens is 2. The second kappa shape index (κ2) is 4.29. The van der Waals surface area contributed by atoms with Crippen LogP contribution in [0.3, 0.4) is 0 Å². The summed E-state index contributed by atoms with van der Waals surface area (Å²) in [5.74, 6) is -0.133. The number of nitrogens with two attached hydrogens (primary N) is 2. The Bertz CT molecular complexity index is 381. The Morgan fingerprint density at radius 1 is 1.57 bits per heavy atom. The molecule has 0 fully saturated rings. The summed E-state index contributed by atoms with van der Waals surface area (Å²) in [5, 5.41) is 0.502. The van der Waals surface area contributed by atoms with E-state index in [-0.39, 0.29) is 5.78 Å². The first-order chi connectivity index (χ1) is 6.43. The van der Waals surface area contributed by atoms with Gasteiger partial charge in [-0.05, 0) is 35.0 Å². The van der Waals surface area contributed by atoms with E-state index in [0.29, 0.717) is 20.7 Å². The van der Waals surface area contributed by atoms with Crippen molar-refractivity contribution in [1.82, 2.24) is 0 Å². The standard InChI is InChI=1S/C9H10BrClN2O/c1-4(14)9(13)5-2-6(10)7(11)3-8(5)12/h2-3,9H,12-13H2,1H3. The molecule has 5 heteroatoms. The van der Waals surface area contributed by atoms with Gasteiger partial charge in [0.15, 0.2) is 5.78 Å². The van der Waals surface area contributed by atoms with Gasteiger partial charge >= 0.3 is 0 Å². The van der Waals surface area contributed by atoms with E-state index in [4.69, 9.17) is 23.1 Å². The third-order valence-corrected chi connectivity index (χ3v) is 3.10. The van der Waals surface area contributed by atoms with Crippen LogP contribution in [0.1, 0.15) is 18.5 Å². The highest BCUT2D eigenvalue weighted by Crippen LogP contribution is 2.30. The van der Waals surface area contributed by atoms with E-state index < -0.39 is 6.04 Å². The zero-order chi connectivity index (χ0) is 10.9. The normalized spacial score (nSPS) is 12.6. The van der Waals surface area contributed by atoms with Gasteiger partial charge in [0.2, 0.25) is 0 Å². The molecule has 0 aromatic heterocycles. The van der Waals surface area contributed by atoms with Gasteiger partial charge in [-0.25, -0.2) is 0 Å². The minimum atomic E-state index is -0.691. The minimum absolute atomic E-state index is 0.133. The predicted octanol–water partition coefficient (Wildman–Crippen LogP) is 2.27. The molecule has 0 heterocycles. The monoisotopic (exact) mass is 276 g/mol. The lowest BCUT2D eigenvalue weighted by molar-refractivity contribution is -0.118. The molecule has 76 valence electrons. The van der Waals surface area contributed by atoms with Crippen molar-refractivity contribution in [1.29, 1.82) is 0 Å². The Morgan fingerprint density at radius 3 is 2.64 bits per heavy atom. The number of hydrogen-bond donors (Lipinski definition) is 2. The third-order valence-electron chi connectivity index (χ3n) is 1.90. The molecule has 1 aromatic carbocycles. The van der Waals surface area contributed by atoms with Gasteiger partial charge in [-0.3, -0.25) is 4.79 Å². The van der Waals surface area contributed by atoms with E-state index >= 15 is 0 Å². The van der Waals surface area contributed by atoms with Crippen LogP contribution < -0.4 is 11.5 Å². The van der Waals surface area contributed by atoms with E-state index in [1.807, 2.05) is 0 Å². The molecular formula is C9H10BrClN2O. The fraction of sp³-hybridized carbons (Fsp3) is 0.222. The zero-order valence-electron chi connectivity index (χ0n) is 7.55. The zero-order valence-corrected chi connectivity index (χ0v) is 9.89. The maximum absolute atomic E-state index is 11.1. The second-order valence-electron chi connectivity index (χ2n) is 2.98. The van der Waals surface area contributed by atoms with Gasteiger partial charge in [-0.1, -0.05) is 11.6 Å². The van der Waals surface area contributed by atoms with E-state index in [1.165, 1.54) is 6.92 Å². The summed E-state index contributed by atoms with van der Waals surface area (Å²) in [6, 6.07) is 2.55. The van der Waals surface area contributed by atoms with Crippen molar-refractivity contribution in [3.8, 4) is 0 Å². The van der Waals surface area contributed by atoms with Crippen molar-refractivity contribution >= 4 is 39.0 Å². The van der Waals surface area contributed by atoms with Gasteiger partial charge in [-0.2, -0.15) is 0 Å². The third kappa shape index (κ3) is 2.26. The highest BCUT2D eigenvalue weighted by atomic mass is 79.9. The molecule has 0 saturated carbocycles. The molecule has 0 aliphatic rings. The van der Waals surface area contributed by atoms with E-state index in [2.05, 4.69) is 15.9 Å². The molecule has 3 nitrogen and oxygen atoms in total. The number of Topliss-reactive ketones (excluding diaryl/α,β-unsaturated/α-hetero) is 1. The summed E-state index contributed by atoms with van der Waals surface area (Å²) in [6.45, 7) is 1.42. The quantitative estimate of drug-likeness (QED) is 0.815. The largest absolute Gasteiger partial charge is 0.398 e. The van der Waals surface area contributed by atoms with Crippen molar-refractivity contribution in [2.24, 2.45) is 5.73 Å². The van der Waals surface area contributed by atoms with Crippen molar-refractivity contribution < 1.29 is 4.79 Å². The Balaban J connectivity index is 3.22. The van der Waals surface area contributed by atoms with Crippen LogP contribution in [0.5, 0.6) is 0 Å². The van der Waals surface area contributed by atoms with E-state index in [9.17, 15) is 4.79 Å². The Kier molecular flexibility index (Phi) is 3.53. The van der Waals surface area contributed by atoms with E-state index in [0.717, 1.165) is 0 Å². The van der Waals surface area contributed by atoms with Crippen LogP contribution in [0.2, 0.25) is 5.02 Å². The molecule has 0 amide bonds. The molecule has 0 aliphatic carbocycles. The molecule has 0 bridgehead atoms. The molecule has 1 aromatic rings. The number of hydrogen-bond acceptors (Lipinski definition) is 3. The second-order valence-corrected chi connectivity index (χ2v) is 4.25. The van der Waals surface area contributed by atoms with E-state index in [1.54, 1.807) is 12.1 Å². The first kappa shape index (κ1) is 11.5. The van der Waals surface area contributed by atoms with Gasteiger partial charge in [0, 0.05) is 15.7 Å². The van der Waals surface area contributed by atoms with Gasteiger partial charge < -0.3 is 11.5 Å². The van der Waals surface area contributed by atoms with Crippen LogP contribution in [-0.4, -0.2) is 5.78 Å². The van der Waals surface area contributed by atoms with Crippen LogP contribution in [0, 0.1) is 0 Å². The highest BCUT2D eigenvalue weighted by molar-refractivity contribution is 9.10. The molecule has 1 unspecified atom stereocenters. The number of carbonyl (C=O) groups is 1. The lowest BCUT2D eigenvalue weighted by Gasteiger charge is -2.12. The van der Waals surface area contributed by atoms with Gasteiger partial charge in [0.1, 0.15) is 0 Å². The average molecular weight is 278 g/mol. The topological polar surface area (TPSA) is 69.1 Å². The van der Waals surface area contributed by atoms with Crippen LogP contribution in [0.4, 0.5) is 5.69 Å². The SMILES string of the molecule is CC(=O)C(N)c1cc(Br)c(Cl)cc1N. The molecule has 14 heavy (non-hydrogen) atoms. The van der Waals surface area contributed by atoms with Crippen molar-refractivity contribution in [2.75, 3.05) is 5.73 Å². The molecule has 0 aliphatic heterocycles. The molecule has 0 spiro atoms. The van der Waals surface area contributed by atoms with Crippen molar-refractivity contribution in [2.45, 2.75) is 13.0 Å². The lowest BCUT2D eigenvalue weighted by atomic mass is 10.0. The van der Waals surface area contributed by atoms with Crippen LogP contribution in [0.15, 0.2) is 16.6 Å². The number of nitrogen functional groups attached to an aromatic ring is 1. The smallest absolute Gasteiger partial charge is 0.151 e. The Morgan fingerprint density at radius 2 is 2.14 bits per heavy atom. The fourth-order valence-electron chi connectivity index (χ4n) is 1.07. The molecule has 0 saturated heterocycles. The molecular weight excluding hydrogens is 267 g/mol. The number of benzene rings is 1. The van der Waals surface area contributed by atoms with Gasteiger partial charge in [0.25, 0.3) is 0 Å². The maximum atomic E-state index is 11.1. The average Bonchev–Trinajstić information content (AvgIpc) is 2.10. The number of rotatable bonds is 2.